The second-order valence-electron chi connectivity index (χ2n) is 5.58. The molecule has 0 bridgehead atoms. The number of hydrogen-bond donors (Lipinski definition) is 0. The maximum Gasteiger partial charge on any atom is 0.165 e. The predicted molar refractivity (Wildman–Crippen MR) is 91.6 cm³/mol. The van der Waals surface area contributed by atoms with Crippen molar-refractivity contribution in [1.29, 1.82) is 0 Å². The molecule has 0 amide bonds. The summed E-state index contributed by atoms with van der Waals surface area (Å²) in [7, 11) is -1.78. The van der Waals surface area contributed by atoms with E-state index in [2.05, 4.69) is 67.6 Å². The van der Waals surface area contributed by atoms with Crippen molar-refractivity contribution in [3.8, 4) is 0 Å². The third kappa shape index (κ3) is 4.81. The zero-order valence-corrected chi connectivity index (χ0v) is 13.9. The van der Waals surface area contributed by atoms with Crippen molar-refractivity contribution in [2.24, 2.45) is 0 Å². The Morgan fingerprint density at radius 3 is 1.65 bits per heavy atom. The maximum absolute atomic E-state index is 7.13. The molecule has 0 nitrogen and oxygen atoms in total. The van der Waals surface area contributed by atoms with Crippen molar-refractivity contribution in [3.63, 3.8) is 0 Å². The maximum atomic E-state index is 7.13. The highest BCUT2D eigenvalue weighted by Gasteiger charge is 2.30. The average Bonchev–Trinajstić information content (AvgIpc) is 2.47. The minimum atomic E-state index is -1.78. The summed E-state index contributed by atoms with van der Waals surface area (Å²) in [4.78, 5) is 0. The molecule has 0 N–H and O–H groups in total. The van der Waals surface area contributed by atoms with Crippen LogP contribution in [0.15, 0.2) is 60.7 Å². The molecule has 0 heterocycles. The van der Waals surface area contributed by atoms with Crippen molar-refractivity contribution < 1.29 is 0 Å². The molecule has 106 valence electrons. The van der Waals surface area contributed by atoms with Crippen LogP contribution in [-0.4, -0.2) is 7.38 Å². The van der Waals surface area contributed by atoms with Crippen LogP contribution in [0.2, 0.25) is 6.04 Å². The van der Waals surface area contributed by atoms with E-state index < -0.39 is 7.38 Å². The molecule has 0 radical (unpaired) electrons. The van der Waals surface area contributed by atoms with Gasteiger partial charge in [0.15, 0.2) is 7.38 Å². The Morgan fingerprint density at radius 1 is 0.800 bits per heavy atom. The number of halogens is 1. The molecule has 0 atom stereocenters. The van der Waals surface area contributed by atoms with E-state index in [9.17, 15) is 0 Å². The average molecular weight is 303 g/mol. The SMILES string of the molecule is CCCC[Si](Cl)(Cc1ccccc1)Cc1ccccc1. The van der Waals surface area contributed by atoms with Crippen molar-refractivity contribution in [2.45, 2.75) is 37.9 Å². The first-order chi connectivity index (χ1) is 9.72. The largest absolute Gasteiger partial charge is 0.166 e. The van der Waals surface area contributed by atoms with Crippen LogP contribution in [0.3, 0.4) is 0 Å². The molecule has 0 aliphatic heterocycles. The first kappa shape index (κ1) is 15.3. The lowest BCUT2D eigenvalue weighted by Crippen LogP contribution is -2.34. The number of rotatable bonds is 7. The fourth-order valence-electron chi connectivity index (χ4n) is 2.66. The Labute approximate surface area is 128 Å². The van der Waals surface area contributed by atoms with Gasteiger partial charge in [-0.25, -0.2) is 0 Å². The van der Waals surface area contributed by atoms with Gasteiger partial charge in [0.25, 0.3) is 0 Å². The van der Waals surface area contributed by atoms with Crippen molar-refractivity contribution >= 4 is 18.5 Å². The van der Waals surface area contributed by atoms with Crippen LogP contribution in [0.1, 0.15) is 30.9 Å². The molecule has 0 aliphatic rings. The fourth-order valence-corrected chi connectivity index (χ4v) is 7.38. The van der Waals surface area contributed by atoms with Crippen LogP contribution in [0.4, 0.5) is 0 Å². The summed E-state index contributed by atoms with van der Waals surface area (Å²) in [6, 6.07) is 24.8. The van der Waals surface area contributed by atoms with Gasteiger partial charge in [0.05, 0.1) is 0 Å². The summed E-state index contributed by atoms with van der Waals surface area (Å²) in [5, 5.41) is 0. The molecule has 0 unspecified atom stereocenters. The molecule has 0 spiro atoms. The molecule has 2 aromatic carbocycles. The lowest BCUT2D eigenvalue weighted by atomic mass is 10.2. The van der Waals surface area contributed by atoms with E-state index in [0.717, 1.165) is 12.1 Å². The van der Waals surface area contributed by atoms with Gasteiger partial charge in [-0.2, -0.15) is 11.1 Å². The van der Waals surface area contributed by atoms with Gasteiger partial charge in [0.1, 0.15) is 0 Å². The standard InChI is InChI=1S/C18H23ClSi/c1-2-3-14-20(19,15-17-10-6-4-7-11-17)16-18-12-8-5-9-13-18/h4-13H,2-3,14-16H2,1H3. The fraction of sp³-hybridized carbons (Fsp3) is 0.333. The van der Waals surface area contributed by atoms with E-state index in [0.29, 0.717) is 0 Å². The highest BCUT2D eigenvalue weighted by Crippen LogP contribution is 2.27. The number of unbranched alkanes of at least 4 members (excludes halogenated alkanes) is 1. The summed E-state index contributed by atoms with van der Waals surface area (Å²) in [5.41, 5.74) is 2.78. The van der Waals surface area contributed by atoms with E-state index in [-0.39, 0.29) is 0 Å². The van der Waals surface area contributed by atoms with Crippen LogP contribution in [0, 0.1) is 0 Å². The second kappa shape index (κ2) is 7.66. The molecule has 0 aliphatic carbocycles. The first-order valence-electron chi connectivity index (χ1n) is 7.49. The van der Waals surface area contributed by atoms with Gasteiger partial charge in [0.2, 0.25) is 0 Å². The van der Waals surface area contributed by atoms with Crippen LogP contribution in [0.25, 0.3) is 0 Å². The summed E-state index contributed by atoms with van der Waals surface area (Å²) in [5.74, 6) is 0. The molecule has 0 saturated heterocycles. The zero-order chi connectivity index (χ0) is 14.3. The van der Waals surface area contributed by atoms with Gasteiger partial charge in [-0.1, -0.05) is 80.4 Å². The highest BCUT2D eigenvalue weighted by molar-refractivity contribution is 7.19. The Kier molecular flexibility index (Phi) is 5.87. The minimum absolute atomic E-state index is 1.07. The van der Waals surface area contributed by atoms with Gasteiger partial charge in [0, 0.05) is 0 Å². The Hall–Kier alpha value is -1.05. The third-order valence-electron chi connectivity index (χ3n) is 3.71. The van der Waals surface area contributed by atoms with Gasteiger partial charge in [-0.15, -0.1) is 0 Å². The van der Waals surface area contributed by atoms with E-state index in [1.165, 1.54) is 30.0 Å². The molecule has 20 heavy (non-hydrogen) atoms. The summed E-state index contributed by atoms with van der Waals surface area (Å²) in [6.45, 7) is 2.25. The van der Waals surface area contributed by atoms with Crippen LogP contribution in [-0.2, 0) is 12.1 Å². The monoisotopic (exact) mass is 302 g/mol. The Balaban J connectivity index is 2.12. The number of hydrogen-bond acceptors (Lipinski definition) is 0. The van der Waals surface area contributed by atoms with Crippen LogP contribution >= 0.6 is 11.1 Å². The summed E-state index contributed by atoms with van der Waals surface area (Å²) < 4.78 is 0. The normalized spacial score (nSPS) is 11.5. The molecular formula is C18H23ClSi. The number of benzene rings is 2. The smallest absolute Gasteiger partial charge is 0.165 e. The molecule has 2 aromatic rings. The first-order valence-corrected chi connectivity index (χ1v) is 11.1. The quantitative estimate of drug-likeness (QED) is 0.465. The summed E-state index contributed by atoms with van der Waals surface area (Å²) >= 11 is 7.13. The summed E-state index contributed by atoms with van der Waals surface area (Å²) in [6.07, 6.45) is 2.47. The van der Waals surface area contributed by atoms with Crippen LogP contribution < -0.4 is 0 Å². The van der Waals surface area contributed by atoms with Crippen molar-refractivity contribution in [2.75, 3.05) is 0 Å². The molecule has 2 rings (SSSR count). The van der Waals surface area contributed by atoms with Gasteiger partial charge >= 0.3 is 0 Å². The van der Waals surface area contributed by atoms with Crippen molar-refractivity contribution in [3.05, 3.63) is 71.8 Å². The predicted octanol–water partition coefficient (Wildman–Crippen LogP) is 5.53. The molecular weight excluding hydrogens is 280 g/mol. The third-order valence-corrected chi connectivity index (χ3v) is 8.41. The highest BCUT2D eigenvalue weighted by atomic mass is 35.6. The zero-order valence-electron chi connectivity index (χ0n) is 12.2. The van der Waals surface area contributed by atoms with Crippen LogP contribution in [0.5, 0.6) is 0 Å². The van der Waals surface area contributed by atoms with E-state index in [1.807, 2.05) is 0 Å². The minimum Gasteiger partial charge on any atom is -0.166 e. The second-order valence-corrected chi connectivity index (χ2v) is 11.5. The Morgan fingerprint density at radius 2 is 1.25 bits per heavy atom. The topological polar surface area (TPSA) is 0 Å². The van der Waals surface area contributed by atoms with Gasteiger partial charge < -0.3 is 0 Å². The molecule has 0 aromatic heterocycles. The molecule has 0 saturated carbocycles. The van der Waals surface area contributed by atoms with Crippen molar-refractivity contribution in [1.82, 2.24) is 0 Å². The van der Waals surface area contributed by atoms with Gasteiger partial charge in [-0.3, -0.25) is 0 Å². The lowest BCUT2D eigenvalue weighted by Gasteiger charge is -2.25. The van der Waals surface area contributed by atoms with E-state index >= 15 is 0 Å². The van der Waals surface area contributed by atoms with Gasteiger partial charge in [-0.05, 0) is 29.3 Å². The molecule has 0 fully saturated rings. The lowest BCUT2D eigenvalue weighted by molar-refractivity contribution is 0.863. The molecule has 2 heteroatoms. The Bertz CT molecular complexity index is 454. The van der Waals surface area contributed by atoms with E-state index in [4.69, 9.17) is 11.1 Å². The van der Waals surface area contributed by atoms with E-state index in [1.54, 1.807) is 0 Å².